The maximum absolute atomic E-state index is 9.11. The van der Waals surface area contributed by atoms with Crippen LogP contribution in [-0.4, -0.2) is 35.0 Å². The molecule has 1 heterocycles. The van der Waals surface area contributed by atoms with E-state index < -0.39 is 0 Å². The highest BCUT2D eigenvalue weighted by Crippen LogP contribution is 2.20. The van der Waals surface area contributed by atoms with Crippen LogP contribution in [0.5, 0.6) is 11.5 Å². The molecule has 0 bridgehead atoms. The molecule has 25 heavy (non-hydrogen) atoms. The largest absolute Gasteiger partial charge is 0.497 e. The van der Waals surface area contributed by atoms with Gasteiger partial charge in [0.2, 0.25) is 0 Å². The summed E-state index contributed by atoms with van der Waals surface area (Å²) in [6.45, 7) is 1.65. The molecule has 3 rings (SSSR count). The van der Waals surface area contributed by atoms with Crippen LogP contribution in [0.25, 0.3) is 11.0 Å². The SMILES string of the molecule is COc1cccc(OCCCn2c(CCCO)nc3ccccc32)c1. The number of benzene rings is 2. The van der Waals surface area contributed by atoms with Crippen LogP contribution in [0.15, 0.2) is 48.5 Å². The average molecular weight is 340 g/mol. The molecule has 0 aliphatic carbocycles. The number of nitrogens with zero attached hydrogens (tertiary/aromatic N) is 2. The zero-order valence-corrected chi connectivity index (χ0v) is 14.5. The fourth-order valence-electron chi connectivity index (χ4n) is 2.91. The third-order valence-corrected chi connectivity index (χ3v) is 4.13. The summed E-state index contributed by atoms with van der Waals surface area (Å²) in [7, 11) is 1.65. The summed E-state index contributed by atoms with van der Waals surface area (Å²) in [5, 5.41) is 9.11. The van der Waals surface area contributed by atoms with Gasteiger partial charge in [-0.15, -0.1) is 0 Å². The second-order valence-electron chi connectivity index (χ2n) is 5.88. The maximum atomic E-state index is 9.11. The number of imidazole rings is 1. The van der Waals surface area contributed by atoms with Gasteiger partial charge < -0.3 is 19.1 Å². The number of rotatable bonds is 9. The molecular weight excluding hydrogens is 316 g/mol. The van der Waals surface area contributed by atoms with Crippen LogP contribution >= 0.6 is 0 Å². The zero-order valence-electron chi connectivity index (χ0n) is 14.5. The lowest BCUT2D eigenvalue weighted by molar-refractivity contribution is 0.285. The minimum absolute atomic E-state index is 0.183. The van der Waals surface area contributed by atoms with E-state index in [1.807, 2.05) is 42.5 Å². The Labute approximate surface area is 147 Å². The second-order valence-corrected chi connectivity index (χ2v) is 5.88. The Morgan fingerprint density at radius 1 is 1.04 bits per heavy atom. The molecule has 0 aliphatic rings. The molecule has 5 heteroatoms. The van der Waals surface area contributed by atoms with Crippen molar-refractivity contribution in [2.75, 3.05) is 20.3 Å². The Morgan fingerprint density at radius 3 is 2.72 bits per heavy atom. The monoisotopic (exact) mass is 340 g/mol. The van der Waals surface area contributed by atoms with Crippen LogP contribution < -0.4 is 9.47 Å². The Kier molecular flexibility index (Phi) is 5.90. The van der Waals surface area contributed by atoms with Gasteiger partial charge in [-0.05, 0) is 37.1 Å². The minimum atomic E-state index is 0.183. The topological polar surface area (TPSA) is 56.5 Å². The summed E-state index contributed by atoms with van der Waals surface area (Å²) in [4.78, 5) is 4.70. The summed E-state index contributed by atoms with van der Waals surface area (Å²) in [6, 6.07) is 15.8. The zero-order chi connectivity index (χ0) is 17.5. The molecule has 0 aliphatic heterocycles. The molecule has 5 nitrogen and oxygen atoms in total. The van der Waals surface area contributed by atoms with Crippen molar-refractivity contribution in [3.63, 3.8) is 0 Å². The second kappa shape index (κ2) is 8.53. The molecule has 2 aromatic carbocycles. The number of methoxy groups -OCH3 is 1. The highest BCUT2D eigenvalue weighted by Gasteiger charge is 2.09. The molecule has 1 aromatic heterocycles. The first-order valence-corrected chi connectivity index (χ1v) is 8.63. The van der Waals surface area contributed by atoms with Crippen molar-refractivity contribution in [1.29, 1.82) is 0 Å². The van der Waals surface area contributed by atoms with Gasteiger partial charge in [-0.25, -0.2) is 4.98 Å². The molecule has 132 valence electrons. The van der Waals surface area contributed by atoms with Crippen molar-refractivity contribution in [2.45, 2.75) is 25.8 Å². The molecule has 0 saturated heterocycles. The highest BCUT2D eigenvalue weighted by molar-refractivity contribution is 5.75. The number of aliphatic hydroxyl groups is 1. The molecule has 3 aromatic rings. The van der Waals surface area contributed by atoms with Crippen molar-refractivity contribution in [2.24, 2.45) is 0 Å². The van der Waals surface area contributed by atoms with Crippen molar-refractivity contribution in [3.8, 4) is 11.5 Å². The number of hydrogen-bond acceptors (Lipinski definition) is 4. The van der Waals surface area contributed by atoms with Crippen LogP contribution in [0.3, 0.4) is 0 Å². The predicted octanol–water partition coefficient (Wildman–Crippen LogP) is 3.44. The van der Waals surface area contributed by atoms with Gasteiger partial charge >= 0.3 is 0 Å². The van der Waals surface area contributed by atoms with E-state index in [1.165, 1.54) is 0 Å². The van der Waals surface area contributed by atoms with Gasteiger partial charge in [0.05, 0.1) is 24.8 Å². The minimum Gasteiger partial charge on any atom is -0.497 e. The summed E-state index contributed by atoms with van der Waals surface area (Å²) >= 11 is 0. The average Bonchev–Trinajstić information content (AvgIpc) is 3.01. The number of ether oxygens (including phenoxy) is 2. The van der Waals surface area contributed by atoms with Crippen LogP contribution in [0.2, 0.25) is 0 Å². The van der Waals surface area contributed by atoms with E-state index in [9.17, 15) is 0 Å². The van der Waals surface area contributed by atoms with E-state index in [4.69, 9.17) is 19.6 Å². The third-order valence-electron chi connectivity index (χ3n) is 4.13. The van der Waals surface area contributed by atoms with E-state index in [1.54, 1.807) is 7.11 Å². The number of aromatic nitrogens is 2. The van der Waals surface area contributed by atoms with E-state index in [0.29, 0.717) is 6.61 Å². The van der Waals surface area contributed by atoms with Gasteiger partial charge in [-0.3, -0.25) is 0 Å². The van der Waals surface area contributed by atoms with Crippen LogP contribution in [0, 0.1) is 0 Å². The van der Waals surface area contributed by atoms with Gasteiger partial charge in [0, 0.05) is 25.6 Å². The molecule has 0 radical (unpaired) electrons. The first kappa shape index (κ1) is 17.3. The fourth-order valence-corrected chi connectivity index (χ4v) is 2.91. The number of para-hydroxylation sites is 2. The lowest BCUT2D eigenvalue weighted by atomic mass is 10.3. The third kappa shape index (κ3) is 4.31. The fraction of sp³-hybridized carbons (Fsp3) is 0.350. The number of aliphatic hydroxyl groups excluding tert-OH is 1. The first-order chi connectivity index (χ1) is 12.3. The summed E-state index contributed by atoms with van der Waals surface area (Å²) in [6.07, 6.45) is 2.38. The van der Waals surface area contributed by atoms with Gasteiger partial charge in [-0.1, -0.05) is 18.2 Å². The number of hydrogen-bond donors (Lipinski definition) is 1. The summed E-state index contributed by atoms with van der Waals surface area (Å²) in [5.74, 6) is 2.64. The first-order valence-electron chi connectivity index (χ1n) is 8.63. The van der Waals surface area contributed by atoms with Crippen molar-refractivity contribution in [3.05, 3.63) is 54.4 Å². The molecule has 0 unspecified atom stereocenters. The number of aryl methyl sites for hydroxylation is 2. The molecule has 0 amide bonds. The highest BCUT2D eigenvalue weighted by atomic mass is 16.5. The molecule has 0 spiro atoms. The lowest BCUT2D eigenvalue weighted by Gasteiger charge is -2.11. The van der Waals surface area contributed by atoms with E-state index in [-0.39, 0.29) is 6.61 Å². The Morgan fingerprint density at radius 2 is 1.88 bits per heavy atom. The van der Waals surface area contributed by atoms with Gasteiger partial charge in [0.15, 0.2) is 0 Å². The quantitative estimate of drug-likeness (QED) is 0.606. The van der Waals surface area contributed by atoms with Crippen LogP contribution in [0.1, 0.15) is 18.7 Å². The lowest BCUT2D eigenvalue weighted by Crippen LogP contribution is -2.08. The summed E-state index contributed by atoms with van der Waals surface area (Å²) in [5.41, 5.74) is 2.14. The molecule has 0 saturated carbocycles. The Bertz CT molecular complexity index is 814. The normalized spacial score (nSPS) is 11.0. The van der Waals surface area contributed by atoms with E-state index in [0.717, 1.165) is 54.2 Å². The smallest absolute Gasteiger partial charge is 0.122 e. The maximum Gasteiger partial charge on any atom is 0.122 e. The number of fused-ring (bicyclic) bond motifs is 1. The van der Waals surface area contributed by atoms with Crippen molar-refractivity contribution in [1.82, 2.24) is 9.55 Å². The molecule has 1 N–H and O–H groups in total. The predicted molar refractivity (Wildman–Crippen MR) is 98.2 cm³/mol. The van der Waals surface area contributed by atoms with Crippen molar-refractivity contribution < 1.29 is 14.6 Å². The van der Waals surface area contributed by atoms with Crippen molar-refractivity contribution >= 4 is 11.0 Å². The molecule has 0 fully saturated rings. The van der Waals surface area contributed by atoms with E-state index in [2.05, 4.69) is 10.6 Å². The van der Waals surface area contributed by atoms with Gasteiger partial charge in [0.25, 0.3) is 0 Å². The van der Waals surface area contributed by atoms with Crippen LogP contribution in [0.4, 0.5) is 0 Å². The molecular formula is C20H24N2O3. The van der Waals surface area contributed by atoms with E-state index >= 15 is 0 Å². The molecule has 0 atom stereocenters. The van der Waals surface area contributed by atoms with Gasteiger partial charge in [0.1, 0.15) is 17.3 Å². The Hall–Kier alpha value is -2.53. The van der Waals surface area contributed by atoms with Gasteiger partial charge in [-0.2, -0.15) is 0 Å². The standard InChI is InChI=1S/C20H24N2O3/c1-24-16-7-4-8-17(15-16)25-14-6-12-22-19-10-3-2-9-18(19)21-20(22)11-5-13-23/h2-4,7-10,15,23H,5-6,11-14H2,1H3. The van der Waals surface area contributed by atoms with Crippen LogP contribution in [-0.2, 0) is 13.0 Å². The summed E-state index contributed by atoms with van der Waals surface area (Å²) < 4.78 is 13.3. The Balaban J connectivity index is 1.63.